The molecule has 1 aromatic heterocycles. The quantitative estimate of drug-likeness (QED) is 0.865. The summed E-state index contributed by atoms with van der Waals surface area (Å²) in [5.74, 6) is 2.26. The van der Waals surface area contributed by atoms with E-state index < -0.39 is 0 Å². The lowest BCUT2D eigenvalue weighted by atomic mass is 9.87. The molecular formula is C20H29N3O2. The van der Waals surface area contributed by atoms with Gasteiger partial charge in [0.1, 0.15) is 0 Å². The van der Waals surface area contributed by atoms with Crippen LogP contribution in [0.15, 0.2) is 34.7 Å². The molecule has 3 rings (SSSR count). The van der Waals surface area contributed by atoms with Crippen LogP contribution in [0.4, 0.5) is 0 Å². The molecule has 136 valence electrons. The highest BCUT2D eigenvalue weighted by Crippen LogP contribution is 2.33. The van der Waals surface area contributed by atoms with Crippen LogP contribution in [0.2, 0.25) is 0 Å². The average molecular weight is 343 g/mol. The summed E-state index contributed by atoms with van der Waals surface area (Å²) < 4.78 is 5.84. The van der Waals surface area contributed by atoms with Crippen LogP contribution in [0.3, 0.4) is 0 Å². The Labute approximate surface area is 150 Å². The lowest BCUT2D eigenvalue weighted by molar-refractivity contribution is 0.0429. The molecule has 1 aliphatic heterocycles. The van der Waals surface area contributed by atoms with Gasteiger partial charge in [-0.2, -0.15) is 0 Å². The second kappa shape index (κ2) is 8.11. The molecule has 25 heavy (non-hydrogen) atoms. The Bertz CT molecular complexity index is 648. The van der Waals surface area contributed by atoms with E-state index >= 15 is 0 Å². The fraction of sp³-hybridized carbons (Fsp3) is 0.600. The molecule has 2 unspecified atom stereocenters. The summed E-state index contributed by atoms with van der Waals surface area (Å²) in [6.07, 6.45) is 2.41. The number of benzene rings is 1. The number of aliphatic hydroxyl groups is 1. The molecule has 0 spiro atoms. The Morgan fingerprint density at radius 3 is 2.44 bits per heavy atom. The third kappa shape index (κ3) is 4.47. The third-order valence-electron chi connectivity index (χ3n) is 5.13. The van der Waals surface area contributed by atoms with Gasteiger partial charge in [-0.25, -0.2) is 0 Å². The Morgan fingerprint density at radius 1 is 1.12 bits per heavy atom. The Balaban J connectivity index is 1.55. The first-order valence-corrected chi connectivity index (χ1v) is 9.34. The topological polar surface area (TPSA) is 62.4 Å². The van der Waals surface area contributed by atoms with E-state index in [9.17, 15) is 5.11 Å². The van der Waals surface area contributed by atoms with Crippen molar-refractivity contribution in [1.29, 1.82) is 0 Å². The molecule has 5 heteroatoms. The Morgan fingerprint density at radius 2 is 1.80 bits per heavy atom. The largest absolute Gasteiger partial charge is 0.424 e. The zero-order valence-electron chi connectivity index (χ0n) is 15.4. The maximum atomic E-state index is 10.6. The lowest BCUT2D eigenvalue weighted by Crippen LogP contribution is -2.37. The summed E-state index contributed by atoms with van der Waals surface area (Å²) in [7, 11) is 0. The molecule has 1 aromatic carbocycles. The van der Waals surface area contributed by atoms with E-state index in [-0.39, 0.29) is 12.1 Å². The maximum absolute atomic E-state index is 10.6. The summed E-state index contributed by atoms with van der Waals surface area (Å²) >= 11 is 0. The second-order valence-electron chi connectivity index (χ2n) is 7.54. The van der Waals surface area contributed by atoms with Crippen LogP contribution in [-0.2, 0) is 6.42 Å². The van der Waals surface area contributed by atoms with Crippen molar-refractivity contribution >= 4 is 0 Å². The van der Waals surface area contributed by atoms with Gasteiger partial charge in [-0.3, -0.25) is 4.90 Å². The van der Waals surface area contributed by atoms with Gasteiger partial charge in [-0.15, -0.1) is 10.2 Å². The van der Waals surface area contributed by atoms with Gasteiger partial charge in [0.2, 0.25) is 11.8 Å². The van der Waals surface area contributed by atoms with Gasteiger partial charge in [-0.05, 0) is 50.3 Å². The molecular weight excluding hydrogens is 314 g/mol. The van der Waals surface area contributed by atoms with E-state index in [1.54, 1.807) is 0 Å². The number of piperidine rings is 1. The highest BCUT2D eigenvalue weighted by atomic mass is 16.4. The predicted octanol–water partition coefficient (Wildman–Crippen LogP) is 3.77. The highest BCUT2D eigenvalue weighted by Gasteiger charge is 2.30. The van der Waals surface area contributed by atoms with E-state index in [2.05, 4.69) is 35.9 Å². The van der Waals surface area contributed by atoms with Gasteiger partial charge < -0.3 is 9.52 Å². The van der Waals surface area contributed by atoms with E-state index in [0.29, 0.717) is 17.7 Å². The van der Waals surface area contributed by atoms with Gasteiger partial charge in [-0.1, -0.05) is 44.2 Å². The number of likely N-dealkylation sites (tertiary alicyclic amines) is 1. The van der Waals surface area contributed by atoms with Crippen molar-refractivity contribution in [3.05, 3.63) is 47.7 Å². The minimum atomic E-state index is -0.375. The van der Waals surface area contributed by atoms with Crippen molar-refractivity contribution in [3.8, 4) is 0 Å². The molecule has 2 atom stereocenters. The number of rotatable bonds is 6. The van der Waals surface area contributed by atoms with Crippen molar-refractivity contribution in [2.75, 3.05) is 13.1 Å². The minimum absolute atomic E-state index is 0.128. The fourth-order valence-electron chi connectivity index (χ4n) is 3.57. The van der Waals surface area contributed by atoms with Crippen molar-refractivity contribution in [2.24, 2.45) is 11.8 Å². The predicted molar refractivity (Wildman–Crippen MR) is 97.0 cm³/mol. The highest BCUT2D eigenvalue weighted by molar-refractivity contribution is 5.18. The van der Waals surface area contributed by atoms with E-state index in [0.717, 1.165) is 43.8 Å². The summed E-state index contributed by atoms with van der Waals surface area (Å²) in [4.78, 5) is 2.38. The average Bonchev–Trinajstić information content (AvgIpc) is 3.09. The van der Waals surface area contributed by atoms with E-state index in [1.807, 2.05) is 30.3 Å². The maximum Gasteiger partial charge on any atom is 0.233 e. The van der Waals surface area contributed by atoms with Crippen LogP contribution in [0.1, 0.15) is 63.1 Å². The standard InChI is InChI=1S/C20H29N3O2/c1-14(2)13-18-21-22-20(25-18)15(3)23-11-9-17(10-12-23)19(24)16-7-5-4-6-8-16/h4-8,14-15,17,19,24H,9-13H2,1-3H3. The SMILES string of the molecule is CC(C)Cc1nnc(C(C)N2CCC(C(O)c3ccccc3)CC2)o1. The van der Waals surface area contributed by atoms with Crippen LogP contribution < -0.4 is 0 Å². The molecule has 1 N–H and O–H groups in total. The monoisotopic (exact) mass is 343 g/mol. The molecule has 0 bridgehead atoms. The molecule has 1 aliphatic rings. The van der Waals surface area contributed by atoms with Crippen molar-refractivity contribution in [3.63, 3.8) is 0 Å². The van der Waals surface area contributed by atoms with Crippen molar-refractivity contribution in [1.82, 2.24) is 15.1 Å². The number of hydrogen-bond donors (Lipinski definition) is 1. The summed E-state index contributed by atoms with van der Waals surface area (Å²) in [6, 6.07) is 10.1. The molecule has 0 amide bonds. The third-order valence-corrected chi connectivity index (χ3v) is 5.13. The summed E-state index contributed by atoms with van der Waals surface area (Å²) in [5.41, 5.74) is 1.02. The zero-order valence-corrected chi connectivity index (χ0v) is 15.4. The van der Waals surface area contributed by atoms with Crippen molar-refractivity contribution < 1.29 is 9.52 Å². The molecule has 1 saturated heterocycles. The first kappa shape index (κ1) is 18.1. The fourth-order valence-corrected chi connectivity index (χ4v) is 3.57. The van der Waals surface area contributed by atoms with E-state index in [1.165, 1.54) is 0 Å². The molecule has 2 aromatic rings. The van der Waals surface area contributed by atoms with Crippen LogP contribution in [0, 0.1) is 11.8 Å². The van der Waals surface area contributed by atoms with Crippen molar-refractivity contribution in [2.45, 2.75) is 52.2 Å². The number of nitrogens with zero attached hydrogens (tertiary/aromatic N) is 3. The Hall–Kier alpha value is -1.72. The van der Waals surface area contributed by atoms with Gasteiger partial charge >= 0.3 is 0 Å². The lowest BCUT2D eigenvalue weighted by Gasteiger charge is -2.36. The first-order valence-electron chi connectivity index (χ1n) is 9.34. The summed E-state index contributed by atoms with van der Waals surface area (Å²) in [5, 5.41) is 19.0. The molecule has 5 nitrogen and oxygen atoms in total. The van der Waals surface area contributed by atoms with Gasteiger partial charge in [0.15, 0.2) is 0 Å². The first-order chi connectivity index (χ1) is 12.0. The minimum Gasteiger partial charge on any atom is -0.424 e. The molecule has 2 heterocycles. The van der Waals surface area contributed by atoms with Gasteiger partial charge in [0, 0.05) is 6.42 Å². The van der Waals surface area contributed by atoms with Crippen LogP contribution in [-0.4, -0.2) is 33.3 Å². The molecule has 1 fully saturated rings. The Kier molecular flexibility index (Phi) is 5.86. The van der Waals surface area contributed by atoms with E-state index in [4.69, 9.17) is 4.42 Å². The molecule has 0 saturated carbocycles. The number of aliphatic hydroxyl groups excluding tert-OH is 1. The van der Waals surface area contributed by atoms with Crippen LogP contribution >= 0.6 is 0 Å². The second-order valence-corrected chi connectivity index (χ2v) is 7.54. The van der Waals surface area contributed by atoms with Gasteiger partial charge in [0.05, 0.1) is 12.1 Å². The summed E-state index contributed by atoms with van der Waals surface area (Å²) in [6.45, 7) is 8.31. The van der Waals surface area contributed by atoms with Crippen LogP contribution in [0.5, 0.6) is 0 Å². The number of aromatic nitrogens is 2. The zero-order chi connectivity index (χ0) is 17.8. The number of hydrogen-bond acceptors (Lipinski definition) is 5. The smallest absolute Gasteiger partial charge is 0.233 e. The molecule has 0 radical (unpaired) electrons. The normalized spacial score (nSPS) is 19.2. The van der Waals surface area contributed by atoms with Gasteiger partial charge in [0.25, 0.3) is 0 Å². The molecule has 0 aliphatic carbocycles. The van der Waals surface area contributed by atoms with Crippen LogP contribution in [0.25, 0.3) is 0 Å².